The van der Waals surface area contributed by atoms with Crippen LogP contribution in [-0.2, 0) is 6.42 Å². The molecule has 1 unspecified atom stereocenters. The number of imidazole rings is 1. The number of benzene rings is 1. The maximum absolute atomic E-state index is 6.30. The van der Waals surface area contributed by atoms with Gasteiger partial charge in [0.05, 0.1) is 16.1 Å². The molecule has 0 aliphatic rings. The second-order valence-electron chi connectivity index (χ2n) is 5.14. The maximum atomic E-state index is 6.30. The summed E-state index contributed by atoms with van der Waals surface area (Å²) in [6.45, 7) is 7.13. The first kappa shape index (κ1) is 13.4. The summed E-state index contributed by atoms with van der Waals surface area (Å²) in [6, 6.07) is 6.21. The fraction of sp³-hybridized carbons (Fsp3) is 0.500. The van der Waals surface area contributed by atoms with Crippen molar-refractivity contribution in [3.8, 4) is 0 Å². The van der Waals surface area contributed by atoms with Crippen LogP contribution in [0.15, 0.2) is 18.2 Å². The van der Waals surface area contributed by atoms with Gasteiger partial charge in [-0.2, -0.15) is 0 Å². The van der Waals surface area contributed by atoms with Gasteiger partial charge in [-0.3, -0.25) is 0 Å². The largest absolute Gasteiger partial charge is 0.330 e. The normalized spacial score (nSPS) is 13.4. The second kappa shape index (κ2) is 5.29. The molecular formula is C14H20ClN3. The predicted molar refractivity (Wildman–Crippen MR) is 77.1 cm³/mol. The molecule has 0 amide bonds. The molecule has 1 aromatic carbocycles. The van der Waals surface area contributed by atoms with Crippen LogP contribution in [0.25, 0.3) is 11.0 Å². The summed E-state index contributed by atoms with van der Waals surface area (Å²) < 4.78 is 2.23. The first-order chi connectivity index (χ1) is 8.54. The molecule has 0 saturated heterocycles. The molecule has 0 radical (unpaired) electrons. The molecule has 18 heavy (non-hydrogen) atoms. The van der Waals surface area contributed by atoms with Crippen LogP contribution < -0.4 is 5.73 Å². The summed E-state index contributed by atoms with van der Waals surface area (Å²) in [4.78, 5) is 4.71. The van der Waals surface area contributed by atoms with E-state index < -0.39 is 0 Å². The molecule has 2 rings (SSSR count). The zero-order valence-electron chi connectivity index (χ0n) is 11.2. The molecule has 0 fully saturated rings. The average Bonchev–Trinajstić information content (AvgIpc) is 2.68. The van der Waals surface area contributed by atoms with E-state index in [1.165, 1.54) is 0 Å². The van der Waals surface area contributed by atoms with Crippen LogP contribution in [0.5, 0.6) is 0 Å². The Balaban J connectivity index is 2.59. The van der Waals surface area contributed by atoms with E-state index in [-0.39, 0.29) is 0 Å². The quantitative estimate of drug-likeness (QED) is 0.921. The van der Waals surface area contributed by atoms with Gasteiger partial charge >= 0.3 is 0 Å². The highest BCUT2D eigenvalue weighted by Gasteiger charge is 2.16. The first-order valence-corrected chi connectivity index (χ1v) is 6.77. The van der Waals surface area contributed by atoms with Gasteiger partial charge in [-0.25, -0.2) is 4.98 Å². The third kappa shape index (κ3) is 2.38. The van der Waals surface area contributed by atoms with E-state index in [0.29, 0.717) is 18.5 Å². The van der Waals surface area contributed by atoms with Gasteiger partial charge in [-0.1, -0.05) is 24.6 Å². The molecule has 3 nitrogen and oxygen atoms in total. The van der Waals surface area contributed by atoms with E-state index in [4.69, 9.17) is 22.3 Å². The Morgan fingerprint density at radius 3 is 2.67 bits per heavy atom. The standard InChI is InChI=1S/C14H20ClN3/c1-9(2)18-13(7-10(3)8-16)17-12-6-4-5-11(15)14(12)18/h4-6,9-10H,7-8,16H2,1-3H3. The highest BCUT2D eigenvalue weighted by atomic mass is 35.5. The highest BCUT2D eigenvalue weighted by molar-refractivity contribution is 6.35. The maximum Gasteiger partial charge on any atom is 0.110 e. The van der Waals surface area contributed by atoms with Crippen molar-refractivity contribution in [3.05, 3.63) is 29.0 Å². The Morgan fingerprint density at radius 2 is 2.06 bits per heavy atom. The molecule has 4 heteroatoms. The molecule has 2 aromatic rings. The second-order valence-corrected chi connectivity index (χ2v) is 5.55. The van der Waals surface area contributed by atoms with E-state index in [1.807, 2.05) is 18.2 Å². The number of para-hydroxylation sites is 1. The van der Waals surface area contributed by atoms with Crippen LogP contribution in [0.2, 0.25) is 5.02 Å². The summed E-state index contributed by atoms with van der Waals surface area (Å²) in [6.07, 6.45) is 0.889. The van der Waals surface area contributed by atoms with E-state index in [2.05, 4.69) is 25.3 Å². The number of nitrogens with two attached hydrogens (primary N) is 1. The Hall–Kier alpha value is -1.06. The minimum atomic E-state index is 0.342. The SMILES string of the molecule is CC(CN)Cc1nc2cccc(Cl)c2n1C(C)C. The summed E-state index contributed by atoms with van der Waals surface area (Å²) in [7, 11) is 0. The lowest BCUT2D eigenvalue weighted by Gasteiger charge is -2.15. The minimum Gasteiger partial charge on any atom is -0.330 e. The number of rotatable bonds is 4. The number of halogens is 1. The van der Waals surface area contributed by atoms with Gasteiger partial charge in [0.25, 0.3) is 0 Å². The Labute approximate surface area is 113 Å². The lowest BCUT2D eigenvalue weighted by molar-refractivity contribution is 0.521. The molecule has 1 atom stereocenters. The van der Waals surface area contributed by atoms with Crippen molar-refractivity contribution in [2.24, 2.45) is 11.7 Å². The summed E-state index contributed by atoms with van der Waals surface area (Å²) in [5, 5.41) is 0.764. The van der Waals surface area contributed by atoms with Crippen LogP contribution in [0, 0.1) is 5.92 Å². The van der Waals surface area contributed by atoms with Crippen LogP contribution in [0.4, 0.5) is 0 Å². The molecule has 0 spiro atoms. The third-order valence-electron chi connectivity index (χ3n) is 3.18. The van der Waals surface area contributed by atoms with Gasteiger partial charge in [0.15, 0.2) is 0 Å². The van der Waals surface area contributed by atoms with Crippen molar-refractivity contribution in [1.82, 2.24) is 9.55 Å². The number of hydrogen-bond donors (Lipinski definition) is 1. The highest BCUT2D eigenvalue weighted by Crippen LogP contribution is 2.28. The number of hydrogen-bond acceptors (Lipinski definition) is 2. The first-order valence-electron chi connectivity index (χ1n) is 6.40. The minimum absolute atomic E-state index is 0.342. The molecular weight excluding hydrogens is 246 g/mol. The molecule has 2 N–H and O–H groups in total. The molecule has 1 heterocycles. The number of nitrogens with zero attached hydrogens (tertiary/aromatic N) is 2. The van der Waals surface area contributed by atoms with Gasteiger partial charge < -0.3 is 10.3 Å². The van der Waals surface area contributed by atoms with Gasteiger partial charge in [0, 0.05) is 12.5 Å². The lowest BCUT2D eigenvalue weighted by Crippen LogP contribution is -2.17. The Morgan fingerprint density at radius 1 is 1.33 bits per heavy atom. The van der Waals surface area contributed by atoms with Crippen molar-refractivity contribution in [2.75, 3.05) is 6.54 Å². The van der Waals surface area contributed by atoms with E-state index >= 15 is 0 Å². The van der Waals surface area contributed by atoms with E-state index in [9.17, 15) is 0 Å². The van der Waals surface area contributed by atoms with E-state index in [0.717, 1.165) is 28.3 Å². The topological polar surface area (TPSA) is 43.8 Å². The fourth-order valence-electron chi connectivity index (χ4n) is 2.25. The molecule has 0 aliphatic heterocycles. The summed E-state index contributed by atoms with van der Waals surface area (Å²) >= 11 is 6.30. The number of fused-ring (bicyclic) bond motifs is 1. The Kier molecular flexibility index (Phi) is 3.93. The van der Waals surface area contributed by atoms with Crippen LogP contribution in [0.1, 0.15) is 32.6 Å². The van der Waals surface area contributed by atoms with Crippen molar-refractivity contribution in [2.45, 2.75) is 33.2 Å². The van der Waals surface area contributed by atoms with Gasteiger partial charge in [-0.05, 0) is 38.4 Å². The fourth-order valence-corrected chi connectivity index (χ4v) is 2.51. The summed E-state index contributed by atoms with van der Waals surface area (Å²) in [5.41, 5.74) is 7.71. The molecule has 1 aromatic heterocycles. The average molecular weight is 266 g/mol. The van der Waals surface area contributed by atoms with Gasteiger partial charge in [-0.15, -0.1) is 0 Å². The zero-order chi connectivity index (χ0) is 13.3. The molecule has 98 valence electrons. The monoisotopic (exact) mass is 265 g/mol. The van der Waals surface area contributed by atoms with Crippen molar-refractivity contribution < 1.29 is 0 Å². The van der Waals surface area contributed by atoms with Crippen molar-refractivity contribution in [3.63, 3.8) is 0 Å². The van der Waals surface area contributed by atoms with Crippen LogP contribution >= 0.6 is 11.6 Å². The third-order valence-corrected chi connectivity index (χ3v) is 3.49. The van der Waals surface area contributed by atoms with Gasteiger partial charge in [0.2, 0.25) is 0 Å². The predicted octanol–water partition coefficient (Wildman–Crippen LogP) is 3.41. The van der Waals surface area contributed by atoms with Crippen molar-refractivity contribution in [1.29, 1.82) is 0 Å². The Bertz CT molecular complexity index is 545. The van der Waals surface area contributed by atoms with E-state index in [1.54, 1.807) is 0 Å². The summed E-state index contributed by atoms with van der Waals surface area (Å²) in [5.74, 6) is 1.50. The smallest absolute Gasteiger partial charge is 0.110 e. The lowest BCUT2D eigenvalue weighted by atomic mass is 10.1. The van der Waals surface area contributed by atoms with Gasteiger partial charge in [0.1, 0.15) is 5.82 Å². The van der Waals surface area contributed by atoms with Crippen molar-refractivity contribution >= 4 is 22.6 Å². The van der Waals surface area contributed by atoms with Crippen LogP contribution in [-0.4, -0.2) is 16.1 Å². The molecule has 0 aliphatic carbocycles. The number of aromatic nitrogens is 2. The molecule has 0 bridgehead atoms. The van der Waals surface area contributed by atoms with Crippen LogP contribution in [0.3, 0.4) is 0 Å². The molecule has 0 saturated carbocycles. The zero-order valence-corrected chi connectivity index (χ0v) is 11.9.